The lowest BCUT2D eigenvalue weighted by Crippen LogP contribution is -2.42. The smallest absolute Gasteiger partial charge is 0.243 e. The van der Waals surface area contributed by atoms with Crippen molar-refractivity contribution in [2.75, 3.05) is 13.6 Å². The number of nitrogens with zero attached hydrogens (tertiary/aromatic N) is 1. The standard InChI is InChI=1S/C16H28N2O2S/c1-13(16(2,3)4)18(5)21(19,20)15-10-8-14(9-11-15)7-6-12-17/h8-11,13H,6-7,12,17H2,1-5H3. The molecule has 120 valence electrons. The van der Waals surface area contributed by atoms with Crippen LogP contribution in [0.25, 0.3) is 0 Å². The van der Waals surface area contributed by atoms with Crippen LogP contribution in [-0.2, 0) is 16.4 Å². The van der Waals surface area contributed by atoms with Gasteiger partial charge in [0.15, 0.2) is 0 Å². The van der Waals surface area contributed by atoms with Crippen molar-refractivity contribution in [3.8, 4) is 0 Å². The Labute approximate surface area is 129 Å². The van der Waals surface area contributed by atoms with Crippen LogP contribution in [0.5, 0.6) is 0 Å². The van der Waals surface area contributed by atoms with Gasteiger partial charge in [0.05, 0.1) is 4.90 Å². The van der Waals surface area contributed by atoms with Crippen LogP contribution in [0, 0.1) is 5.41 Å². The van der Waals surface area contributed by atoms with Gasteiger partial charge >= 0.3 is 0 Å². The minimum absolute atomic E-state index is 0.0839. The molecule has 0 fully saturated rings. The largest absolute Gasteiger partial charge is 0.330 e. The summed E-state index contributed by atoms with van der Waals surface area (Å²) in [6.45, 7) is 8.71. The highest BCUT2D eigenvalue weighted by molar-refractivity contribution is 7.89. The van der Waals surface area contributed by atoms with Gasteiger partial charge in [-0.2, -0.15) is 4.31 Å². The topological polar surface area (TPSA) is 63.4 Å². The monoisotopic (exact) mass is 312 g/mol. The summed E-state index contributed by atoms with van der Waals surface area (Å²) in [5.74, 6) is 0. The highest BCUT2D eigenvalue weighted by atomic mass is 32.2. The first kappa shape index (κ1) is 18.1. The van der Waals surface area contributed by atoms with Crippen LogP contribution in [0.4, 0.5) is 0 Å². The summed E-state index contributed by atoms with van der Waals surface area (Å²) in [6, 6.07) is 7.04. The fraction of sp³-hybridized carbons (Fsp3) is 0.625. The highest BCUT2D eigenvalue weighted by Crippen LogP contribution is 2.27. The molecule has 2 N–H and O–H groups in total. The summed E-state index contributed by atoms with van der Waals surface area (Å²) in [6.07, 6.45) is 1.79. The predicted molar refractivity (Wildman–Crippen MR) is 87.7 cm³/mol. The van der Waals surface area contributed by atoms with Crippen LogP contribution in [0.3, 0.4) is 0 Å². The molecule has 0 amide bonds. The lowest BCUT2D eigenvalue weighted by Gasteiger charge is -2.34. The number of hydrogen-bond donors (Lipinski definition) is 1. The lowest BCUT2D eigenvalue weighted by atomic mass is 9.88. The molecule has 1 rings (SSSR count). The summed E-state index contributed by atoms with van der Waals surface area (Å²) in [5.41, 5.74) is 6.50. The molecular weight excluding hydrogens is 284 g/mol. The molecule has 0 aliphatic heterocycles. The number of hydrogen-bond acceptors (Lipinski definition) is 3. The number of benzene rings is 1. The fourth-order valence-corrected chi connectivity index (χ4v) is 3.60. The third kappa shape index (κ3) is 4.53. The molecule has 4 nitrogen and oxygen atoms in total. The molecular formula is C16H28N2O2S. The summed E-state index contributed by atoms with van der Waals surface area (Å²) in [5, 5.41) is 0. The van der Waals surface area contributed by atoms with Crippen molar-refractivity contribution in [3.63, 3.8) is 0 Å². The van der Waals surface area contributed by atoms with E-state index in [-0.39, 0.29) is 11.5 Å². The molecule has 1 unspecified atom stereocenters. The van der Waals surface area contributed by atoms with Crippen LogP contribution < -0.4 is 5.73 Å². The summed E-state index contributed by atoms with van der Waals surface area (Å²) >= 11 is 0. The number of sulfonamides is 1. The zero-order valence-corrected chi connectivity index (χ0v) is 14.6. The summed E-state index contributed by atoms with van der Waals surface area (Å²) < 4.78 is 26.8. The van der Waals surface area contributed by atoms with Gasteiger partial charge in [0.2, 0.25) is 10.0 Å². The van der Waals surface area contributed by atoms with E-state index in [2.05, 4.69) is 0 Å². The van der Waals surface area contributed by atoms with Gasteiger partial charge in [-0.05, 0) is 49.4 Å². The molecule has 0 aliphatic rings. The second kappa shape index (κ2) is 6.90. The minimum Gasteiger partial charge on any atom is -0.330 e. The Kier molecular flexibility index (Phi) is 5.96. The van der Waals surface area contributed by atoms with E-state index in [1.54, 1.807) is 19.2 Å². The van der Waals surface area contributed by atoms with E-state index < -0.39 is 10.0 Å². The predicted octanol–water partition coefficient (Wildman–Crippen LogP) is 2.63. The van der Waals surface area contributed by atoms with Crippen molar-refractivity contribution in [2.24, 2.45) is 11.1 Å². The average Bonchev–Trinajstić information content (AvgIpc) is 2.42. The first-order valence-corrected chi connectivity index (χ1v) is 8.81. The van der Waals surface area contributed by atoms with E-state index in [1.807, 2.05) is 39.8 Å². The van der Waals surface area contributed by atoms with E-state index in [0.717, 1.165) is 18.4 Å². The molecule has 0 saturated carbocycles. The molecule has 0 radical (unpaired) electrons. The maximum Gasteiger partial charge on any atom is 0.243 e. The van der Waals surface area contributed by atoms with Crippen LogP contribution in [0.15, 0.2) is 29.2 Å². The quantitative estimate of drug-likeness (QED) is 0.878. The van der Waals surface area contributed by atoms with Gasteiger partial charge in [0.25, 0.3) is 0 Å². The minimum atomic E-state index is -3.45. The molecule has 0 aromatic heterocycles. The third-order valence-electron chi connectivity index (χ3n) is 4.07. The summed E-state index contributed by atoms with van der Waals surface area (Å²) in [7, 11) is -1.80. The molecule has 21 heavy (non-hydrogen) atoms. The van der Waals surface area contributed by atoms with E-state index >= 15 is 0 Å². The SMILES string of the molecule is CC(N(C)S(=O)(=O)c1ccc(CCCN)cc1)C(C)(C)C. The van der Waals surface area contributed by atoms with Crippen molar-refractivity contribution in [1.29, 1.82) is 0 Å². The Hall–Kier alpha value is -0.910. The Morgan fingerprint density at radius 3 is 2.14 bits per heavy atom. The first-order valence-electron chi connectivity index (χ1n) is 7.37. The van der Waals surface area contributed by atoms with E-state index in [9.17, 15) is 8.42 Å². The molecule has 0 heterocycles. The van der Waals surface area contributed by atoms with Crippen molar-refractivity contribution in [3.05, 3.63) is 29.8 Å². The van der Waals surface area contributed by atoms with Crippen LogP contribution >= 0.6 is 0 Å². The molecule has 0 aliphatic carbocycles. The Morgan fingerprint density at radius 2 is 1.71 bits per heavy atom. The van der Waals surface area contributed by atoms with Crippen LogP contribution in [-0.4, -0.2) is 32.4 Å². The molecule has 1 atom stereocenters. The number of aryl methyl sites for hydroxylation is 1. The highest BCUT2D eigenvalue weighted by Gasteiger charge is 2.32. The molecule has 1 aromatic carbocycles. The molecule has 0 spiro atoms. The average molecular weight is 312 g/mol. The van der Waals surface area contributed by atoms with E-state index in [0.29, 0.717) is 11.4 Å². The number of rotatable bonds is 6. The second-order valence-corrected chi connectivity index (χ2v) is 8.60. The lowest BCUT2D eigenvalue weighted by molar-refractivity contribution is 0.216. The van der Waals surface area contributed by atoms with Crippen molar-refractivity contribution < 1.29 is 8.42 Å². The van der Waals surface area contributed by atoms with Crippen molar-refractivity contribution in [1.82, 2.24) is 4.31 Å². The van der Waals surface area contributed by atoms with E-state index in [4.69, 9.17) is 5.73 Å². The molecule has 0 bridgehead atoms. The zero-order valence-electron chi connectivity index (χ0n) is 13.8. The molecule has 0 saturated heterocycles. The fourth-order valence-electron chi connectivity index (χ4n) is 2.05. The van der Waals surface area contributed by atoms with Crippen LogP contribution in [0.2, 0.25) is 0 Å². The van der Waals surface area contributed by atoms with Gasteiger partial charge in [-0.1, -0.05) is 32.9 Å². The van der Waals surface area contributed by atoms with Gasteiger partial charge < -0.3 is 5.73 Å². The maximum absolute atomic E-state index is 12.7. The van der Waals surface area contributed by atoms with Crippen molar-refractivity contribution in [2.45, 2.75) is 51.5 Å². The molecule has 5 heteroatoms. The summed E-state index contributed by atoms with van der Waals surface area (Å²) in [4.78, 5) is 0.345. The van der Waals surface area contributed by atoms with Gasteiger partial charge in [-0.25, -0.2) is 8.42 Å². The molecule has 1 aromatic rings. The Bertz CT molecular complexity index is 545. The Morgan fingerprint density at radius 1 is 1.19 bits per heavy atom. The second-order valence-electron chi connectivity index (χ2n) is 6.60. The van der Waals surface area contributed by atoms with E-state index in [1.165, 1.54) is 4.31 Å². The van der Waals surface area contributed by atoms with Gasteiger partial charge in [0.1, 0.15) is 0 Å². The van der Waals surface area contributed by atoms with Gasteiger partial charge in [-0.3, -0.25) is 0 Å². The normalized spacial score (nSPS) is 14.4. The van der Waals surface area contributed by atoms with Gasteiger partial charge in [-0.15, -0.1) is 0 Å². The Balaban J connectivity index is 2.97. The maximum atomic E-state index is 12.7. The van der Waals surface area contributed by atoms with Crippen LogP contribution in [0.1, 0.15) is 39.7 Å². The third-order valence-corrected chi connectivity index (χ3v) is 6.01. The zero-order chi connectivity index (χ0) is 16.3. The van der Waals surface area contributed by atoms with Gasteiger partial charge in [0, 0.05) is 13.1 Å². The number of nitrogens with two attached hydrogens (primary N) is 1. The van der Waals surface area contributed by atoms with Crippen molar-refractivity contribution >= 4 is 10.0 Å². The first-order chi connectivity index (χ1) is 9.60.